The van der Waals surface area contributed by atoms with Gasteiger partial charge in [-0.3, -0.25) is 9.69 Å². The lowest BCUT2D eigenvalue weighted by Gasteiger charge is -2.43. The number of carbonyl (C=O) groups excluding carboxylic acids is 1. The minimum atomic E-state index is -3.24. The number of sulfone groups is 1. The molecule has 2 aromatic rings. The van der Waals surface area contributed by atoms with E-state index in [0.717, 1.165) is 5.75 Å². The van der Waals surface area contributed by atoms with Crippen molar-refractivity contribution in [3.05, 3.63) is 48.5 Å². The Morgan fingerprint density at radius 2 is 1.42 bits per heavy atom. The fraction of sp³-hybridized carbons (Fsp3) is 0.409. The number of ether oxygens (including phenoxy) is 3. The standard InChI is InChI=1S/C22H26N2O6S/c1-28-17-5-3-16(4-6-17)24-21-15-31(26,27)14-20(21)23(13-22(24)25)11-12-30-19-9-7-18(29-2)8-10-19/h3-10,20-21H,11-15H2,1-2H3/t20-,21-/m1/s1. The lowest BCUT2D eigenvalue weighted by atomic mass is 10.0. The largest absolute Gasteiger partial charge is 0.497 e. The maximum atomic E-state index is 13.0. The van der Waals surface area contributed by atoms with Crippen molar-refractivity contribution in [1.29, 1.82) is 0 Å². The molecule has 2 aliphatic rings. The highest BCUT2D eigenvalue weighted by Gasteiger charge is 2.49. The SMILES string of the molecule is COc1ccc(OCCN2CC(=O)N(c3ccc(OC)cc3)[C@@H]3CS(=O)(=O)C[C@H]32)cc1. The molecule has 2 aliphatic heterocycles. The third-order valence-electron chi connectivity index (χ3n) is 5.76. The molecule has 0 spiro atoms. The molecule has 4 rings (SSSR count). The summed E-state index contributed by atoms with van der Waals surface area (Å²) in [6.45, 7) is 0.963. The van der Waals surface area contributed by atoms with Gasteiger partial charge in [0.15, 0.2) is 9.84 Å². The van der Waals surface area contributed by atoms with E-state index in [4.69, 9.17) is 14.2 Å². The summed E-state index contributed by atoms with van der Waals surface area (Å²) in [7, 11) is -0.0612. The Morgan fingerprint density at radius 3 is 2.03 bits per heavy atom. The van der Waals surface area contributed by atoms with E-state index < -0.39 is 15.9 Å². The molecule has 2 fully saturated rings. The van der Waals surface area contributed by atoms with Crippen LogP contribution in [0.25, 0.3) is 0 Å². The number of fused-ring (bicyclic) bond motifs is 1. The van der Waals surface area contributed by atoms with Gasteiger partial charge in [0.05, 0.1) is 38.3 Å². The predicted molar refractivity (Wildman–Crippen MR) is 117 cm³/mol. The van der Waals surface area contributed by atoms with Crippen LogP contribution in [0.1, 0.15) is 0 Å². The van der Waals surface area contributed by atoms with Gasteiger partial charge in [0.25, 0.3) is 0 Å². The Balaban J connectivity index is 1.47. The van der Waals surface area contributed by atoms with Crippen LogP contribution in [-0.4, -0.2) is 76.7 Å². The fourth-order valence-corrected chi connectivity index (χ4v) is 6.21. The topological polar surface area (TPSA) is 85.4 Å². The summed E-state index contributed by atoms with van der Waals surface area (Å²) in [6, 6.07) is 13.7. The molecule has 0 bridgehead atoms. The van der Waals surface area contributed by atoms with Crippen LogP contribution in [0.4, 0.5) is 5.69 Å². The number of benzene rings is 2. The monoisotopic (exact) mass is 446 g/mol. The molecule has 2 aromatic carbocycles. The van der Waals surface area contributed by atoms with Crippen molar-refractivity contribution in [3.63, 3.8) is 0 Å². The maximum absolute atomic E-state index is 13.0. The first-order chi connectivity index (χ1) is 14.9. The summed E-state index contributed by atoms with van der Waals surface area (Å²) in [5.74, 6) is 2.01. The number of amides is 1. The zero-order valence-electron chi connectivity index (χ0n) is 17.6. The van der Waals surface area contributed by atoms with Gasteiger partial charge in [-0.2, -0.15) is 0 Å². The number of hydrogen-bond donors (Lipinski definition) is 0. The molecule has 0 aliphatic carbocycles. The van der Waals surface area contributed by atoms with E-state index in [-0.39, 0.29) is 30.0 Å². The quantitative estimate of drug-likeness (QED) is 0.639. The van der Waals surface area contributed by atoms with Crippen LogP contribution in [0.3, 0.4) is 0 Å². The molecule has 9 heteroatoms. The van der Waals surface area contributed by atoms with E-state index >= 15 is 0 Å². The molecule has 166 valence electrons. The van der Waals surface area contributed by atoms with Gasteiger partial charge in [-0.15, -0.1) is 0 Å². The molecule has 0 N–H and O–H groups in total. The molecule has 2 heterocycles. The average molecular weight is 447 g/mol. The van der Waals surface area contributed by atoms with Gasteiger partial charge < -0.3 is 19.1 Å². The summed E-state index contributed by atoms with van der Waals surface area (Å²) < 4.78 is 41.0. The number of anilines is 1. The second-order valence-electron chi connectivity index (χ2n) is 7.67. The van der Waals surface area contributed by atoms with Gasteiger partial charge >= 0.3 is 0 Å². The molecule has 31 heavy (non-hydrogen) atoms. The van der Waals surface area contributed by atoms with Crippen molar-refractivity contribution in [2.75, 3.05) is 50.3 Å². The summed E-state index contributed by atoms with van der Waals surface area (Å²) >= 11 is 0. The van der Waals surface area contributed by atoms with Gasteiger partial charge in [-0.1, -0.05) is 0 Å². The van der Waals surface area contributed by atoms with Gasteiger partial charge in [0.1, 0.15) is 23.9 Å². The first-order valence-corrected chi connectivity index (χ1v) is 11.9. The van der Waals surface area contributed by atoms with E-state index in [1.807, 2.05) is 29.2 Å². The van der Waals surface area contributed by atoms with Crippen molar-refractivity contribution in [2.24, 2.45) is 0 Å². The summed E-state index contributed by atoms with van der Waals surface area (Å²) in [4.78, 5) is 16.6. The summed E-state index contributed by atoms with van der Waals surface area (Å²) in [5.41, 5.74) is 0.687. The van der Waals surface area contributed by atoms with Crippen LogP contribution >= 0.6 is 0 Å². The van der Waals surface area contributed by atoms with E-state index in [1.165, 1.54) is 0 Å². The smallest absolute Gasteiger partial charge is 0.241 e. The molecule has 0 aromatic heterocycles. The van der Waals surface area contributed by atoms with Crippen LogP contribution in [0.15, 0.2) is 48.5 Å². The van der Waals surface area contributed by atoms with Gasteiger partial charge in [-0.25, -0.2) is 8.42 Å². The number of hydrogen-bond acceptors (Lipinski definition) is 7. The Morgan fingerprint density at radius 1 is 0.871 bits per heavy atom. The molecule has 0 unspecified atom stereocenters. The molecule has 2 atom stereocenters. The Labute approximate surface area is 182 Å². The third kappa shape index (κ3) is 4.62. The van der Waals surface area contributed by atoms with E-state index in [2.05, 4.69) is 0 Å². The lowest BCUT2D eigenvalue weighted by molar-refractivity contribution is -0.123. The van der Waals surface area contributed by atoms with Crippen LogP contribution in [0.5, 0.6) is 17.2 Å². The van der Waals surface area contributed by atoms with Crippen LogP contribution < -0.4 is 19.1 Å². The molecule has 0 saturated carbocycles. The summed E-state index contributed by atoms with van der Waals surface area (Å²) in [6.07, 6.45) is 0. The van der Waals surface area contributed by atoms with Gasteiger partial charge in [0, 0.05) is 18.3 Å². The molecular formula is C22H26N2O6S. The number of methoxy groups -OCH3 is 2. The maximum Gasteiger partial charge on any atom is 0.241 e. The first-order valence-electron chi connectivity index (χ1n) is 10.1. The van der Waals surface area contributed by atoms with Crippen molar-refractivity contribution in [1.82, 2.24) is 4.90 Å². The Kier molecular flexibility index (Phi) is 6.06. The average Bonchev–Trinajstić information content (AvgIpc) is 3.09. The minimum Gasteiger partial charge on any atom is -0.497 e. The predicted octanol–water partition coefficient (Wildman–Crippen LogP) is 1.60. The normalized spacial score (nSPS) is 22.8. The van der Waals surface area contributed by atoms with Crippen LogP contribution in [0, 0.1) is 0 Å². The van der Waals surface area contributed by atoms with E-state index in [9.17, 15) is 13.2 Å². The Bertz CT molecular complexity index is 1020. The van der Waals surface area contributed by atoms with Crippen molar-refractivity contribution in [2.45, 2.75) is 12.1 Å². The number of piperazine rings is 1. The fourth-order valence-electron chi connectivity index (χ4n) is 4.23. The first kappa shape index (κ1) is 21.5. The third-order valence-corrected chi connectivity index (χ3v) is 7.46. The second kappa shape index (κ2) is 8.76. The summed E-state index contributed by atoms with van der Waals surface area (Å²) in [5, 5.41) is 0. The molecular weight excluding hydrogens is 420 g/mol. The van der Waals surface area contributed by atoms with E-state index in [1.54, 1.807) is 43.4 Å². The Hall–Kier alpha value is -2.78. The molecule has 8 nitrogen and oxygen atoms in total. The number of rotatable bonds is 7. The molecule has 1 amide bonds. The minimum absolute atomic E-state index is 0.0364. The van der Waals surface area contributed by atoms with Gasteiger partial charge in [0.2, 0.25) is 5.91 Å². The van der Waals surface area contributed by atoms with E-state index in [0.29, 0.717) is 30.3 Å². The highest BCUT2D eigenvalue weighted by atomic mass is 32.2. The number of carbonyl (C=O) groups is 1. The number of nitrogens with zero attached hydrogens (tertiary/aromatic N) is 2. The van der Waals surface area contributed by atoms with Gasteiger partial charge in [-0.05, 0) is 48.5 Å². The van der Waals surface area contributed by atoms with Crippen molar-refractivity contribution in [3.8, 4) is 17.2 Å². The highest BCUT2D eigenvalue weighted by Crippen LogP contribution is 2.32. The van der Waals surface area contributed by atoms with Crippen molar-refractivity contribution < 1.29 is 27.4 Å². The molecule has 0 radical (unpaired) electrons. The second-order valence-corrected chi connectivity index (χ2v) is 9.82. The highest BCUT2D eigenvalue weighted by molar-refractivity contribution is 7.91. The van der Waals surface area contributed by atoms with Crippen LogP contribution in [-0.2, 0) is 14.6 Å². The van der Waals surface area contributed by atoms with Crippen LogP contribution in [0.2, 0.25) is 0 Å². The van der Waals surface area contributed by atoms with Crippen molar-refractivity contribution >= 4 is 21.4 Å². The zero-order chi connectivity index (χ0) is 22.0. The lowest BCUT2D eigenvalue weighted by Crippen LogP contribution is -2.62. The zero-order valence-corrected chi connectivity index (χ0v) is 18.4. The molecule has 2 saturated heterocycles.